The van der Waals surface area contributed by atoms with Gasteiger partial charge in [0.2, 0.25) is 0 Å². The van der Waals surface area contributed by atoms with Gasteiger partial charge in [-0.25, -0.2) is 8.42 Å². The van der Waals surface area contributed by atoms with E-state index in [-0.39, 0.29) is 17.1 Å². The average molecular weight is 291 g/mol. The van der Waals surface area contributed by atoms with E-state index < -0.39 is 15.6 Å². The Morgan fingerprint density at radius 3 is 1.07 bits per heavy atom. The van der Waals surface area contributed by atoms with Crippen molar-refractivity contribution in [2.75, 3.05) is 0 Å². The molecular formula is C7H6CuF3O3S+. The van der Waals surface area contributed by atoms with Gasteiger partial charge in [-0.1, -0.05) is 36.4 Å². The molecule has 0 amide bonds. The Bertz CT molecular complexity index is 323. The summed E-state index contributed by atoms with van der Waals surface area (Å²) in [6.07, 6.45) is 0. The van der Waals surface area contributed by atoms with Crippen molar-refractivity contribution in [3.8, 4) is 0 Å². The predicted molar refractivity (Wildman–Crippen MR) is 42.2 cm³/mol. The van der Waals surface area contributed by atoms with E-state index in [4.69, 9.17) is 13.0 Å². The molecule has 0 unspecified atom stereocenters. The molecule has 0 atom stereocenters. The van der Waals surface area contributed by atoms with Crippen LogP contribution in [0.5, 0.6) is 0 Å². The van der Waals surface area contributed by atoms with Gasteiger partial charge in [-0.2, -0.15) is 13.2 Å². The van der Waals surface area contributed by atoms with Crippen LogP contribution in [0, 0.1) is 0 Å². The Kier molecular flexibility index (Phi) is 7.68. The van der Waals surface area contributed by atoms with Crippen molar-refractivity contribution in [1.29, 1.82) is 0 Å². The largest absolute Gasteiger partial charge is 2.00 e. The molecule has 1 radical (unpaired) electrons. The summed E-state index contributed by atoms with van der Waals surface area (Å²) in [6.45, 7) is 0. The van der Waals surface area contributed by atoms with E-state index in [1.165, 1.54) is 0 Å². The summed E-state index contributed by atoms with van der Waals surface area (Å²) < 4.78 is 58.9. The molecule has 1 aromatic rings. The van der Waals surface area contributed by atoms with Gasteiger partial charge in [-0.3, -0.25) is 0 Å². The predicted octanol–water partition coefficient (Wildman–Crippen LogP) is 1.74. The van der Waals surface area contributed by atoms with Crippen molar-refractivity contribution in [1.82, 2.24) is 0 Å². The maximum absolute atomic E-state index is 10.7. The molecule has 0 heterocycles. The Labute approximate surface area is 95.5 Å². The molecule has 0 spiro atoms. The molecule has 0 fully saturated rings. The molecule has 0 aromatic heterocycles. The normalized spacial score (nSPS) is 10.7. The first-order chi connectivity index (χ1) is 6.25. The quantitative estimate of drug-likeness (QED) is 0.415. The van der Waals surface area contributed by atoms with Crippen LogP contribution in [0.4, 0.5) is 13.2 Å². The van der Waals surface area contributed by atoms with E-state index in [2.05, 4.69) is 0 Å². The van der Waals surface area contributed by atoms with Crippen LogP contribution in [0.25, 0.3) is 0 Å². The number of benzene rings is 1. The first-order valence-corrected chi connectivity index (χ1v) is 4.68. The maximum Gasteiger partial charge on any atom is 2.00 e. The second-order valence-electron chi connectivity index (χ2n) is 2.05. The molecule has 1 aromatic carbocycles. The third-order valence-corrected chi connectivity index (χ3v) is 1.52. The molecule has 0 aliphatic heterocycles. The number of alkyl halides is 3. The zero-order chi connectivity index (χ0) is 11.2. The molecule has 0 N–H and O–H groups in total. The minimum Gasteiger partial charge on any atom is -0.741 e. The zero-order valence-corrected chi connectivity index (χ0v) is 8.79. The van der Waals surface area contributed by atoms with Crippen molar-refractivity contribution < 1.29 is 43.2 Å². The summed E-state index contributed by atoms with van der Waals surface area (Å²) in [4.78, 5) is 0. The van der Waals surface area contributed by atoms with Gasteiger partial charge < -0.3 is 4.55 Å². The summed E-state index contributed by atoms with van der Waals surface area (Å²) in [5.74, 6) is 0. The Hall–Kier alpha value is -0.561. The topological polar surface area (TPSA) is 57.2 Å². The van der Waals surface area contributed by atoms with Crippen molar-refractivity contribution in [3.05, 3.63) is 36.4 Å². The van der Waals surface area contributed by atoms with Crippen LogP contribution in [0.15, 0.2) is 36.4 Å². The van der Waals surface area contributed by atoms with Gasteiger partial charge in [-0.05, 0) is 0 Å². The fourth-order valence-corrected chi connectivity index (χ4v) is 0.385. The second kappa shape index (κ2) is 6.84. The number of hydrogen-bond acceptors (Lipinski definition) is 3. The molecule has 8 heteroatoms. The summed E-state index contributed by atoms with van der Waals surface area (Å²) in [5, 5.41) is 0. The molecule has 3 nitrogen and oxygen atoms in total. The van der Waals surface area contributed by atoms with Crippen LogP contribution in [0.1, 0.15) is 0 Å². The van der Waals surface area contributed by atoms with Gasteiger partial charge in [0, 0.05) is 0 Å². The second-order valence-corrected chi connectivity index (χ2v) is 3.43. The Morgan fingerprint density at radius 1 is 0.867 bits per heavy atom. The standard InChI is InChI=1S/C6H6.CHF3O3S.Cu/c1-2-4-6-5-3-1;2-1(3,4)8(5,6)7;/h1-6H;(H,5,6,7);/q;;+2/p-1. The van der Waals surface area contributed by atoms with Gasteiger partial charge in [0.25, 0.3) is 0 Å². The van der Waals surface area contributed by atoms with Gasteiger partial charge >= 0.3 is 22.6 Å². The van der Waals surface area contributed by atoms with Crippen molar-refractivity contribution in [2.24, 2.45) is 0 Å². The van der Waals surface area contributed by atoms with E-state index in [9.17, 15) is 13.2 Å². The van der Waals surface area contributed by atoms with Crippen LogP contribution in [-0.2, 0) is 27.2 Å². The van der Waals surface area contributed by atoms with Gasteiger partial charge in [0.1, 0.15) is 0 Å². The summed E-state index contributed by atoms with van der Waals surface area (Å²) in [7, 11) is -6.09. The van der Waals surface area contributed by atoms with Crippen molar-refractivity contribution in [3.63, 3.8) is 0 Å². The summed E-state index contributed by atoms with van der Waals surface area (Å²) in [6, 6.07) is 12.0. The minimum atomic E-state index is -6.09. The van der Waals surface area contributed by atoms with E-state index in [0.717, 1.165) is 0 Å². The van der Waals surface area contributed by atoms with Crippen LogP contribution in [0.3, 0.4) is 0 Å². The molecule has 0 saturated heterocycles. The van der Waals surface area contributed by atoms with Crippen LogP contribution in [0.2, 0.25) is 0 Å². The number of halogens is 3. The third-order valence-electron chi connectivity index (χ3n) is 0.950. The number of rotatable bonds is 0. The molecule has 0 aliphatic carbocycles. The fourth-order valence-electron chi connectivity index (χ4n) is 0.385. The summed E-state index contributed by atoms with van der Waals surface area (Å²) in [5.41, 5.74) is -5.65. The smallest absolute Gasteiger partial charge is 0.741 e. The molecule has 0 saturated carbocycles. The monoisotopic (exact) mass is 290 g/mol. The molecule has 15 heavy (non-hydrogen) atoms. The van der Waals surface area contributed by atoms with Crippen molar-refractivity contribution in [2.45, 2.75) is 5.51 Å². The average Bonchev–Trinajstić information content (AvgIpc) is 2.05. The van der Waals surface area contributed by atoms with E-state index in [1.54, 1.807) is 0 Å². The van der Waals surface area contributed by atoms with E-state index in [0.29, 0.717) is 0 Å². The van der Waals surface area contributed by atoms with Gasteiger partial charge in [0.05, 0.1) is 0 Å². The molecule has 0 bridgehead atoms. The Morgan fingerprint density at radius 2 is 1.00 bits per heavy atom. The van der Waals surface area contributed by atoms with E-state index in [1.807, 2.05) is 36.4 Å². The van der Waals surface area contributed by atoms with Crippen LogP contribution < -0.4 is 0 Å². The molecule has 1 rings (SSSR count). The first-order valence-electron chi connectivity index (χ1n) is 3.27. The zero-order valence-electron chi connectivity index (χ0n) is 7.03. The summed E-state index contributed by atoms with van der Waals surface area (Å²) >= 11 is 0. The molecular weight excluding hydrogens is 285 g/mol. The fraction of sp³-hybridized carbons (Fsp3) is 0.143. The molecule has 0 aliphatic rings. The SMILES string of the molecule is O=S(=O)([O-])C(F)(F)F.[Cu+2].c1ccccc1. The van der Waals surface area contributed by atoms with Crippen LogP contribution in [-0.4, -0.2) is 18.5 Å². The first kappa shape index (κ1) is 16.9. The minimum absolute atomic E-state index is 0. The maximum atomic E-state index is 10.7. The Balaban J connectivity index is 0. The van der Waals surface area contributed by atoms with Crippen LogP contribution >= 0.6 is 0 Å². The van der Waals surface area contributed by atoms with Gasteiger partial charge in [0.15, 0.2) is 10.1 Å². The van der Waals surface area contributed by atoms with Crippen molar-refractivity contribution >= 4 is 10.1 Å². The van der Waals surface area contributed by atoms with Gasteiger partial charge in [-0.15, -0.1) is 0 Å². The third kappa shape index (κ3) is 8.44. The molecule has 89 valence electrons. The van der Waals surface area contributed by atoms with E-state index >= 15 is 0 Å². The number of hydrogen-bond donors (Lipinski definition) is 0.